The monoisotopic (exact) mass is 348 g/mol. The number of benzene rings is 1. The summed E-state index contributed by atoms with van der Waals surface area (Å²) in [6.45, 7) is 0. The van der Waals surface area contributed by atoms with E-state index >= 15 is 0 Å². The van der Waals surface area contributed by atoms with Crippen molar-refractivity contribution in [3.05, 3.63) is 35.9 Å². The summed E-state index contributed by atoms with van der Waals surface area (Å²) in [6, 6.07) is 7.59. The Balaban J connectivity index is 1.95. The molecule has 6 nitrogen and oxygen atoms in total. The van der Waals surface area contributed by atoms with Crippen LogP contribution in [0.5, 0.6) is 0 Å². The van der Waals surface area contributed by atoms with Gasteiger partial charge in [0.25, 0.3) is 5.91 Å². The first-order valence-electron chi connectivity index (χ1n) is 9.00. The third-order valence-electron chi connectivity index (χ3n) is 4.92. The van der Waals surface area contributed by atoms with Crippen molar-refractivity contribution in [1.29, 1.82) is 0 Å². The van der Waals surface area contributed by atoms with Gasteiger partial charge in [-0.25, -0.2) is 4.79 Å². The molecule has 0 spiro atoms. The molecule has 1 aromatic carbocycles. The van der Waals surface area contributed by atoms with E-state index in [1.807, 2.05) is 30.3 Å². The van der Waals surface area contributed by atoms with Crippen LogP contribution in [0, 0.1) is 5.92 Å². The molecule has 3 atom stereocenters. The molecule has 5 N–H and O–H groups in total. The molecule has 1 saturated carbocycles. The van der Waals surface area contributed by atoms with Crippen molar-refractivity contribution in [2.45, 2.75) is 63.1 Å². The Labute approximate surface area is 148 Å². The van der Waals surface area contributed by atoms with Crippen LogP contribution in [0.2, 0.25) is 0 Å². The number of nitrogens with one attached hydrogen (secondary N) is 1. The molecular weight excluding hydrogens is 320 g/mol. The third kappa shape index (κ3) is 5.83. The molecule has 0 aliphatic heterocycles. The van der Waals surface area contributed by atoms with Crippen LogP contribution in [0.25, 0.3) is 0 Å². The number of rotatable bonds is 7. The lowest BCUT2D eigenvalue weighted by molar-refractivity contribution is -0.145. The van der Waals surface area contributed by atoms with Gasteiger partial charge in [0, 0.05) is 6.04 Å². The van der Waals surface area contributed by atoms with E-state index in [2.05, 4.69) is 5.32 Å². The Kier molecular flexibility index (Phi) is 7.40. The van der Waals surface area contributed by atoms with E-state index in [0.29, 0.717) is 6.42 Å². The number of aliphatic carboxylic acids is 1. The molecule has 2 rings (SSSR count). The number of nitrogens with two attached hydrogens (primary N) is 1. The molecule has 0 radical (unpaired) electrons. The molecule has 1 amide bonds. The van der Waals surface area contributed by atoms with Gasteiger partial charge in [0.15, 0.2) is 0 Å². The van der Waals surface area contributed by atoms with Crippen molar-refractivity contribution in [2.75, 3.05) is 0 Å². The highest BCUT2D eigenvalue weighted by molar-refractivity contribution is 5.86. The third-order valence-corrected chi connectivity index (χ3v) is 4.92. The molecule has 6 heteroatoms. The number of carbonyl (C=O) groups is 2. The highest BCUT2D eigenvalue weighted by atomic mass is 16.4. The summed E-state index contributed by atoms with van der Waals surface area (Å²) in [4.78, 5) is 23.9. The maximum Gasteiger partial charge on any atom is 0.326 e. The van der Waals surface area contributed by atoms with E-state index in [1.165, 1.54) is 0 Å². The second-order valence-corrected chi connectivity index (χ2v) is 6.87. The Morgan fingerprint density at radius 2 is 1.72 bits per heavy atom. The van der Waals surface area contributed by atoms with E-state index in [-0.39, 0.29) is 5.92 Å². The number of carbonyl (C=O) groups excluding carboxylic acids is 1. The lowest BCUT2D eigenvalue weighted by Gasteiger charge is -2.26. The minimum atomic E-state index is -1.44. The van der Waals surface area contributed by atoms with Crippen molar-refractivity contribution >= 4 is 11.9 Å². The molecule has 1 aliphatic carbocycles. The fourth-order valence-corrected chi connectivity index (χ4v) is 3.46. The van der Waals surface area contributed by atoms with Crippen LogP contribution in [0.1, 0.15) is 44.1 Å². The molecule has 138 valence electrons. The zero-order valence-corrected chi connectivity index (χ0v) is 14.4. The first kappa shape index (κ1) is 19.4. The minimum absolute atomic E-state index is 0.0958. The summed E-state index contributed by atoms with van der Waals surface area (Å²) in [5.74, 6) is -1.86. The molecule has 0 bridgehead atoms. The number of aliphatic hydroxyl groups is 1. The molecule has 25 heavy (non-hydrogen) atoms. The van der Waals surface area contributed by atoms with Gasteiger partial charge in [-0.05, 0) is 30.7 Å². The van der Waals surface area contributed by atoms with E-state index in [0.717, 1.165) is 44.1 Å². The highest BCUT2D eigenvalue weighted by Crippen LogP contribution is 2.26. The lowest BCUT2D eigenvalue weighted by atomic mass is 9.91. The van der Waals surface area contributed by atoms with Gasteiger partial charge < -0.3 is 21.3 Å². The van der Waals surface area contributed by atoms with Crippen LogP contribution in [0.4, 0.5) is 0 Å². The fraction of sp³-hybridized carbons (Fsp3) is 0.579. The average molecular weight is 348 g/mol. The number of carboxylic acids is 1. The smallest absolute Gasteiger partial charge is 0.326 e. The predicted octanol–water partition coefficient (Wildman–Crippen LogP) is 1.46. The quantitative estimate of drug-likeness (QED) is 0.557. The van der Waals surface area contributed by atoms with Gasteiger partial charge in [-0.1, -0.05) is 56.0 Å². The molecule has 0 aromatic heterocycles. The van der Waals surface area contributed by atoms with E-state index in [9.17, 15) is 19.8 Å². The topological polar surface area (TPSA) is 113 Å². The van der Waals surface area contributed by atoms with Crippen LogP contribution in [-0.4, -0.2) is 40.3 Å². The largest absolute Gasteiger partial charge is 0.480 e. The predicted molar refractivity (Wildman–Crippen MR) is 94.9 cm³/mol. The maximum absolute atomic E-state index is 12.3. The maximum atomic E-state index is 12.3. The summed E-state index contributed by atoms with van der Waals surface area (Å²) in [7, 11) is 0. The Morgan fingerprint density at radius 3 is 2.28 bits per heavy atom. The number of hydrogen-bond acceptors (Lipinski definition) is 4. The van der Waals surface area contributed by atoms with E-state index < -0.39 is 30.1 Å². The molecular formula is C19H28N2O4. The Hall–Kier alpha value is -1.92. The highest BCUT2D eigenvalue weighted by Gasteiger charge is 2.33. The summed E-state index contributed by atoms with van der Waals surface area (Å²) in [5.41, 5.74) is 6.86. The Morgan fingerprint density at radius 1 is 1.12 bits per heavy atom. The summed E-state index contributed by atoms with van der Waals surface area (Å²) in [6.07, 6.45) is 4.61. The summed E-state index contributed by atoms with van der Waals surface area (Å²) < 4.78 is 0. The average Bonchev–Trinajstić information content (AvgIpc) is 2.88. The van der Waals surface area contributed by atoms with Gasteiger partial charge in [-0.15, -0.1) is 0 Å². The van der Waals surface area contributed by atoms with Crippen LogP contribution < -0.4 is 11.1 Å². The molecule has 1 fully saturated rings. The summed E-state index contributed by atoms with van der Waals surface area (Å²) in [5, 5.41) is 22.2. The van der Waals surface area contributed by atoms with Gasteiger partial charge in [0.1, 0.15) is 12.1 Å². The van der Waals surface area contributed by atoms with E-state index in [1.54, 1.807) is 0 Å². The molecule has 0 heterocycles. The van der Waals surface area contributed by atoms with Crippen LogP contribution in [0.3, 0.4) is 0 Å². The van der Waals surface area contributed by atoms with Crippen LogP contribution >= 0.6 is 0 Å². The van der Waals surface area contributed by atoms with Crippen molar-refractivity contribution < 1.29 is 19.8 Å². The van der Waals surface area contributed by atoms with Crippen molar-refractivity contribution in [3.8, 4) is 0 Å². The molecule has 1 unspecified atom stereocenters. The van der Waals surface area contributed by atoms with Gasteiger partial charge in [0.2, 0.25) is 0 Å². The van der Waals surface area contributed by atoms with Crippen molar-refractivity contribution in [2.24, 2.45) is 11.7 Å². The number of amides is 1. The molecule has 0 saturated heterocycles. The molecule has 1 aliphatic rings. The zero-order valence-electron chi connectivity index (χ0n) is 14.4. The van der Waals surface area contributed by atoms with Gasteiger partial charge >= 0.3 is 5.97 Å². The van der Waals surface area contributed by atoms with E-state index in [4.69, 9.17) is 5.73 Å². The second-order valence-electron chi connectivity index (χ2n) is 6.87. The number of carboxylic acid groups (broad SMARTS) is 1. The number of hydrogen-bond donors (Lipinski definition) is 4. The minimum Gasteiger partial charge on any atom is -0.480 e. The van der Waals surface area contributed by atoms with Gasteiger partial charge in [-0.2, -0.15) is 0 Å². The Bertz CT molecular complexity index is 556. The summed E-state index contributed by atoms with van der Waals surface area (Å²) >= 11 is 0. The normalized spacial score (nSPS) is 19.4. The first-order chi connectivity index (χ1) is 12.0. The lowest BCUT2D eigenvalue weighted by Crippen LogP contribution is -2.54. The van der Waals surface area contributed by atoms with Crippen molar-refractivity contribution in [3.63, 3.8) is 0 Å². The first-order valence-corrected chi connectivity index (χ1v) is 9.00. The SMILES string of the molecule is N[C@H](Cc1ccccc1)[C@H](O)C(=O)NC(C(=O)O)C1CCCCCC1. The number of aliphatic hydroxyl groups excluding tert-OH is 1. The van der Waals surface area contributed by atoms with Crippen LogP contribution in [-0.2, 0) is 16.0 Å². The van der Waals surface area contributed by atoms with Crippen LogP contribution in [0.15, 0.2) is 30.3 Å². The second kappa shape index (κ2) is 9.53. The molecule has 1 aromatic rings. The fourth-order valence-electron chi connectivity index (χ4n) is 3.46. The van der Waals surface area contributed by atoms with Crippen molar-refractivity contribution in [1.82, 2.24) is 5.32 Å². The van der Waals surface area contributed by atoms with Gasteiger partial charge in [-0.3, -0.25) is 4.79 Å². The van der Waals surface area contributed by atoms with Gasteiger partial charge in [0.05, 0.1) is 0 Å². The standard InChI is InChI=1S/C19H28N2O4/c20-15(12-13-8-4-3-5-9-13)17(22)18(23)21-16(19(24)25)14-10-6-1-2-7-11-14/h3-5,8-9,14-17,22H,1-2,6-7,10-12,20H2,(H,21,23)(H,24,25)/t15-,16?,17+/m1/s1. The zero-order chi connectivity index (χ0) is 18.2.